The standard InChI is InChI=1S/C12H12BrN3O2S/c13-10-3-6-12(16-8-10)15-7-9-1-4-11(5-2-9)19(14,17)18/h1-6,8H,7H2,(H,15,16)(H2,14,17,18). The fraction of sp³-hybridized carbons (Fsp3) is 0.0833. The quantitative estimate of drug-likeness (QED) is 0.891. The molecule has 0 spiro atoms. The lowest BCUT2D eigenvalue weighted by molar-refractivity contribution is 0.598. The number of nitrogens with two attached hydrogens (primary N) is 1. The third-order valence-corrected chi connectivity index (χ3v) is 3.85. The van der Waals surface area contributed by atoms with Crippen LogP contribution in [0.25, 0.3) is 0 Å². The van der Waals surface area contributed by atoms with Crippen LogP contribution in [0, 0.1) is 0 Å². The minimum atomic E-state index is -3.63. The van der Waals surface area contributed by atoms with E-state index in [0.29, 0.717) is 6.54 Å². The molecule has 2 aromatic rings. The van der Waals surface area contributed by atoms with Crippen LogP contribution < -0.4 is 10.5 Å². The molecule has 0 saturated heterocycles. The van der Waals surface area contributed by atoms with Crippen molar-refractivity contribution >= 4 is 31.8 Å². The van der Waals surface area contributed by atoms with Crippen LogP contribution >= 0.6 is 15.9 Å². The van der Waals surface area contributed by atoms with Gasteiger partial charge in [0.15, 0.2) is 0 Å². The number of nitrogens with zero attached hydrogens (tertiary/aromatic N) is 1. The Balaban J connectivity index is 2.02. The van der Waals surface area contributed by atoms with Crippen molar-refractivity contribution in [1.29, 1.82) is 0 Å². The van der Waals surface area contributed by atoms with Crippen molar-refractivity contribution in [2.45, 2.75) is 11.4 Å². The minimum Gasteiger partial charge on any atom is -0.366 e. The zero-order chi connectivity index (χ0) is 13.9. The molecule has 1 aromatic carbocycles. The fourth-order valence-corrected chi connectivity index (χ4v) is 2.22. The lowest BCUT2D eigenvalue weighted by atomic mass is 10.2. The molecule has 0 atom stereocenters. The second-order valence-corrected chi connectivity index (χ2v) is 6.38. The number of benzene rings is 1. The third-order valence-electron chi connectivity index (χ3n) is 2.45. The van der Waals surface area contributed by atoms with Gasteiger partial charge in [-0.1, -0.05) is 12.1 Å². The molecule has 0 unspecified atom stereocenters. The highest BCUT2D eigenvalue weighted by atomic mass is 79.9. The Morgan fingerprint density at radius 3 is 2.37 bits per heavy atom. The highest BCUT2D eigenvalue weighted by Gasteiger charge is 2.06. The molecule has 19 heavy (non-hydrogen) atoms. The van der Waals surface area contributed by atoms with Crippen molar-refractivity contribution in [2.24, 2.45) is 5.14 Å². The minimum absolute atomic E-state index is 0.109. The monoisotopic (exact) mass is 341 g/mol. The summed E-state index contributed by atoms with van der Waals surface area (Å²) in [6.07, 6.45) is 1.70. The number of nitrogens with one attached hydrogen (secondary N) is 1. The van der Waals surface area contributed by atoms with Crippen LogP contribution in [-0.2, 0) is 16.6 Å². The van der Waals surface area contributed by atoms with E-state index in [2.05, 4.69) is 26.2 Å². The molecular weight excluding hydrogens is 330 g/mol. The molecule has 0 aliphatic rings. The predicted molar refractivity (Wildman–Crippen MR) is 77.1 cm³/mol. The van der Waals surface area contributed by atoms with E-state index < -0.39 is 10.0 Å². The van der Waals surface area contributed by atoms with Crippen molar-refractivity contribution in [3.63, 3.8) is 0 Å². The van der Waals surface area contributed by atoms with Gasteiger partial charge in [0.1, 0.15) is 5.82 Å². The first-order chi connectivity index (χ1) is 8.95. The molecule has 0 radical (unpaired) electrons. The van der Waals surface area contributed by atoms with Gasteiger partial charge in [0.2, 0.25) is 10.0 Å². The first-order valence-electron chi connectivity index (χ1n) is 5.42. The number of halogens is 1. The van der Waals surface area contributed by atoms with E-state index in [-0.39, 0.29) is 4.90 Å². The van der Waals surface area contributed by atoms with Crippen LogP contribution in [0.2, 0.25) is 0 Å². The van der Waals surface area contributed by atoms with Crippen molar-refractivity contribution in [3.05, 3.63) is 52.6 Å². The number of aromatic nitrogens is 1. The second kappa shape index (κ2) is 5.68. The van der Waals surface area contributed by atoms with Gasteiger partial charge >= 0.3 is 0 Å². The molecular formula is C12H12BrN3O2S. The summed E-state index contributed by atoms with van der Waals surface area (Å²) < 4.78 is 23.1. The summed E-state index contributed by atoms with van der Waals surface area (Å²) in [6, 6.07) is 10.1. The maximum atomic E-state index is 11.1. The maximum absolute atomic E-state index is 11.1. The normalized spacial score (nSPS) is 11.3. The van der Waals surface area contributed by atoms with Crippen molar-refractivity contribution in [2.75, 3.05) is 5.32 Å². The molecule has 5 nitrogen and oxygen atoms in total. The molecule has 0 aliphatic carbocycles. The van der Waals surface area contributed by atoms with Crippen molar-refractivity contribution in [3.8, 4) is 0 Å². The molecule has 100 valence electrons. The number of rotatable bonds is 4. The zero-order valence-corrected chi connectivity index (χ0v) is 12.3. The van der Waals surface area contributed by atoms with Gasteiger partial charge < -0.3 is 5.32 Å². The van der Waals surface area contributed by atoms with E-state index in [0.717, 1.165) is 15.9 Å². The topological polar surface area (TPSA) is 85.1 Å². The molecule has 0 amide bonds. The summed E-state index contributed by atoms with van der Waals surface area (Å²) >= 11 is 3.31. The van der Waals surface area contributed by atoms with Crippen LogP contribution in [0.4, 0.5) is 5.82 Å². The number of hydrogen-bond donors (Lipinski definition) is 2. The summed E-state index contributed by atoms with van der Waals surface area (Å²) in [5.74, 6) is 0.749. The van der Waals surface area contributed by atoms with Gasteiger partial charge in [0, 0.05) is 17.2 Å². The van der Waals surface area contributed by atoms with Crippen molar-refractivity contribution in [1.82, 2.24) is 4.98 Å². The van der Waals surface area contributed by atoms with Crippen molar-refractivity contribution < 1.29 is 8.42 Å². The van der Waals surface area contributed by atoms with Gasteiger partial charge in [-0.3, -0.25) is 0 Å². The van der Waals surface area contributed by atoms with Gasteiger partial charge in [0.05, 0.1) is 4.90 Å². The highest BCUT2D eigenvalue weighted by Crippen LogP contribution is 2.13. The maximum Gasteiger partial charge on any atom is 0.238 e. The summed E-state index contributed by atoms with van der Waals surface area (Å²) in [5, 5.41) is 8.16. The second-order valence-electron chi connectivity index (χ2n) is 3.90. The smallest absolute Gasteiger partial charge is 0.238 e. The van der Waals surface area contributed by atoms with Crippen LogP contribution in [0.1, 0.15) is 5.56 Å². The van der Waals surface area contributed by atoms with E-state index in [1.807, 2.05) is 12.1 Å². The Hall–Kier alpha value is -1.44. The number of sulfonamides is 1. The molecule has 0 saturated carbocycles. The summed E-state index contributed by atoms with van der Waals surface area (Å²) in [6.45, 7) is 0.555. The third kappa shape index (κ3) is 4.02. The SMILES string of the molecule is NS(=O)(=O)c1ccc(CNc2ccc(Br)cn2)cc1. The Kier molecular flexibility index (Phi) is 4.18. The first kappa shape index (κ1) is 14.0. The van der Waals surface area contributed by atoms with E-state index in [1.165, 1.54) is 12.1 Å². The molecule has 7 heteroatoms. The molecule has 0 bridgehead atoms. The summed E-state index contributed by atoms with van der Waals surface area (Å²) in [4.78, 5) is 4.29. The van der Waals surface area contributed by atoms with Gasteiger partial charge in [-0.25, -0.2) is 18.5 Å². The van der Waals surface area contributed by atoms with Gasteiger partial charge in [0.25, 0.3) is 0 Å². The Bertz CT molecular complexity index is 654. The number of primary sulfonamides is 1. The molecule has 0 fully saturated rings. The van der Waals surface area contributed by atoms with Crippen LogP contribution in [0.5, 0.6) is 0 Å². The fourth-order valence-electron chi connectivity index (χ4n) is 1.47. The molecule has 3 N–H and O–H groups in total. The van der Waals surface area contributed by atoms with Gasteiger partial charge in [-0.05, 0) is 45.8 Å². The van der Waals surface area contributed by atoms with Gasteiger partial charge in [-0.2, -0.15) is 0 Å². The van der Waals surface area contributed by atoms with Crippen LogP contribution in [-0.4, -0.2) is 13.4 Å². The number of hydrogen-bond acceptors (Lipinski definition) is 4. The van der Waals surface area contributed by atoms with Gasteiger partial charge in [-0.15, -0.1) is 0 Å². The highest BCUT2D eigenvalue weighted by molar-refractivity contribution is 9.10. The Morgan fingerprint density at radius 2 is 1.84 bits per heavy atom. The largest absolute Gasteiger partial charge is 0.366 e. The van der Waals surface area contributed by atoms with E-state index in [4.69, 9.17) is 5.14 Å². The zero-order valence-electron chi connectivity index (χ0n) is 9.88. The average molecular weight is 342 g/mol. The molecule has 1 heterocycles. The first-order valence-corrected chi connectivity index (χ1v) is 7.76. The Labute approximate surface area is 120 Å². The van der Waals surface area contributed by atoms with E-state index in [9.17, 15) is 8.42 Å². The molecule has 2 rings (SSSR count). The number of pyridine rings is 1. The van der Waals surface area contributed by atoms with Crippen LogP contribution in [0.3, 0.4) is 0 Å². The number of anilines is 1. The Morgan fingerprint density at radius 1 is 1.16 bits per heavy atom. The predicted octanol–water partition coefficient (Wildman–Crippen LogP) is 2.10. The summed E-state index contributed by atoms with van der Waals surface area (Å²) in [7, 11) is -3.63. The average Bonchev–Trinajstić information content (AvgIpc) is 2.37. The lowest BCUT2D eigenvalue weighted by Gasteiger charge is -2.06. The molecule has 1 aromatic heterocycles. The lowest BCUT2D eigenvalue weighted by Crippen LogP contribution is -2.12. The van der Waals surface area contributed by atoms with E-state index >= 15 is 0 Å². The molecule has 0 aliphatic heterocycles. The van der Waals surface area contributed by atoms with E-state index in [1.54, 1.807) is 18.3 Å². The summed E-state index contributed by atoms with van der Waals surface area (Å²) in [5.41, 5.74) is 0.942. The van der Waals surface area contributed by atoms with Crippen LogP contribution in [0.15, 0.2) is 52.0 Å².